The van der Waals surface area contributed by atoms with Crippen LogP contribution in [0.5, 0.6) is 11.5 Å². The average Bonchev–Trinajstić information content (AvgIpc) is 2.99. The standard InChI is InChI=1S/C15H19N3O4S/c1-4-12(14(19)20)23-15-16-13(17-18-15)8-9-5-6-10(21-2)11(7-9)22-3/h5-7,12H,4,8H2,1-3H3,(H,19,20)(H,16,17,18). The van der Waals surface area contributed by atoms with Crippen LogP contribution in [0, 0.1) is 0 Å². The van der Waals surface area contributed by atoms with Crippen molar-refractivity contribution >= 4 is 17.7 Å². The van der Waals surface area contributed by atoms with Crippen LogP contribution < -0.4 is 9.47 Å². The lowest BCUT2D eigenvalue weighted by molar-refractivity contribution is -0.136. The van der Waals surface area contributed by atoms with Crippen LogP contribution in [0.4, 0.5) is 0 Å². The summed E-state index contributed by atoms with van der Waals surface area (Å²) in [4.78, 5) is 15.4. The Morgan fingerprint density at radius 3 is 2.70 bits per heavy atom. The van der Waals surface area contributed by atoms with E-state index in [0.29, 0.717) is 35.3 Å². The summed E-state index contributed by atoms with van der Waals surface area (Å²) in [5, 5.41) is 15.9. The zero-order valence-electron chi connectivity index (χ0n) is 13.2. The Hall–Kier alpha value is -2.22. The number of carboxylic acid groups (broad SMARTS) is 1. The fraction of sp³-hybridized carbons (Fsp3) is 0.400. The minimum Gasteiger partial charge on any atom is -0.493 e. The number of nitrogens with zero attached hydrogens (tertiary/aromatic N) is 2. The first-order valence-corrected chi connectivity index (χ1v) is 7.97. The lowest BCUT2D eigenvalue weighted by Gasteiger charge is -2.08. The molecular formula is C15H19N3O4S. The Morgan fingerprint density at radius 2 is 2.09 bits per heavy atom. The van der Waals surface area contributed by atoms with Crippen LogP contribution in [-0.2, 0) is 11.2 Å². The molecule has 23 heavy (non-hydrogen) atoms. The summed E-state index contributed by atoms with van der Waals surface area (Å²) in [6.07, 6.45) is 1.05. The number of ether oxygens (including phenoxy) is 2. The van der Waals surface area contributed by atoms with Gasteiger partial charge in [-0.3, -0.25) is 9.89 Å². The summed E-state index contributed by atoms with van der Waals surface area (Å²) < 4.78 is 10.5. The van der Waals surface area contributed by atoms with Gasteiger partial charge in [0.05, 0.1) is 14.2 Å². The van der Waals surface area contributed by atoms with Crippen LogP contribution in [0.25, 0.3) is 0 Å². The third-order valence-electron chi connectivity index (χ3n) is 3.22. The van der Waals surface area contributed by atoms with E-state index in [1.54, 1.807) is 14.2 Å². The first kappa shape index (κ1) is 17.1. The maximum absolute atomic E-state index is 11.1. The van der Waals surface area contributed by atoms with Crippen molar-refractivity contribution in [2.75, 3.05) is 14.2 Å². The van der Waals surface area contributed by atoms with Crippen LogP contribution in [0.15, 0.2) is 23.4 Å². The molecule has 0 aliphatic rings. The number of rotatable bonds is 8. The summed E-state index contributed by atoms with van der Waals surface area (Å²) in [7, 11) is 3.17. The van der Waals surface area contributed by atoms with E-state index in [1.165, 1.54) is 0 Å². The van der Waals surface area contributed by atoms with Gasteiger partial charge in [0.15, 0.2) is 11.5 Å². The Balaban J connectivity index is 2.08. The highest BCUT2D eigenvalue weighted by Crippen LogP contribution is 2.28. The molecule has 1 heterocycles. The summed E-state index contributed by atoms with van der Waals surface area (Å²) in [5.74, 6) is 1.12. The molecule has 0 amide bonds. The van der Waals surface area contributed by atoms with Crippen molar-refractivity contribution in [3.05, 3.63) is 29.6 Å². The van der Waals surface area contributed by atoms with Crippen LogP contribution >= 0.6 is 11.8 Å². The molecule has 1 atom stereocenters. The highest BCUT2D eigenvalue weighted by Gasteiger charge is 2.19. The van der Waals surface area contributed by atoms with E-state index in [1.807, 2.05) is 25.1 Å². The lowest BCUT2D eigenvalue weighted by atomic mass is 10.1. The molecule has 0 spiro atoms. The molecule has 0 radical (unpaired) electrons. The van der Waals surface area contributed by atoms with Gasteiger partial charge in [-0.1, -0.05) is 24.8 Å². The molecule has 1 unspecified atom stereocenters. The van der Waals surface area contributed by atoms with Crippen molar-refractivity contribution in [3.63, 3.8) is 0 Å². The second-order valence-electron chi connectivity index (χ2n) is 4.78. The number of methoxy groups -OCH3 is 2. The molecule has 0 aliphatic carbocycles. The average molecular weight is 337 g/mol. The number of carboxylic acids is 1. The van der Waals surface area contributed by atoms with Crippen molar-refractivity contribution in [1.82, 2.24) is 15.2 Å². The number of thioether (sulfide) groups is 1. The van der Waals surface area contributed by atoms with Crippen molar-refractivity contribution in [1.29, 1.82) is 0 Å². The molecule has 7 nitrogen and oxygen atoms in total. The van der Waals surface area contributed by atoms with Crippen LogP contribution in [0.2, 0.25) is 0 Å². The minimum atomic E-state index is -0.858. The normalized spacial score (nSPS) is 12.0. The highest BCUT2D eigenvalue weighted by atomic mass is 32.2. The fourth-order valence-electron chi connectivity index (χ4n) is 2.03. The molecule has 124 valence electrons. The van der Waals surface area contributed by atoms with Crippen LogP contribution in [0.1, 0.15) is 24.7 Å². The number of H-pyrrole nitrogens is 1. The number of carbonyl (C=O) groups is 1. The molecule has 0 fully saturated rings. The van der Waals surface area contributed by atoms with Gasteiger partial charge in [0.25, 0.3) is 0 Å². The van der Waals surface area contributed by atoms with Crippen LogP contribution in [0.3, 0.4) is 0 Å². The van der Waals surface area contributed by atoms with Gasteiger partial charge in [0.2, 0.25) is 5.16 Å². The Labute approximate surface area is 138 Å². The first-order valence-electron chi connectivity index (χ1n) is 7.09. The van der Waals surface area contributed by atoms with Crippen LogP contribution in [-0.4, -0.2) is 45.7 Å². The maximum atomic E-state index is 11.1. The van der Waals surface area contributed by atoms with Gasteiger partial charge in [-0.2, -0.15) is 0 Å². The highest BCUT2D eigenvalue weighted by molar-refractivity contribution is 8.00. The molecular weight excluding hydrogens is 318 g/mol. The van der Waals surface area contributed by atoms with Gasteiger partial charge in [0.1, 0.15) is 11.1 Å². The largest absolute Gasteiger partial charge is 0.493 e. The molecule has 2 rings (SSSR count). The van der Waals surface area contributed by atoms with Gasteiger partial charge in [-0.05, 0) is 24.1 Å². The predicted octanol–water partition coefficient (Wildman–Crippen LogP) is 2.37. The molecule has 0 saturated heterocycles. The fourth-order valence-corrected chi connectivity index (χ4v) is 2.81. The van der Waals surface area contributed by atoms with E-state index >= 15 is 0 Å². The summed E-state index contributed by atoms with van der Waals surface area (Å²) in [5.41, 5.74) is 0.987. The number of hydrogen-bond acceptors (Lipinski definition) is 6. The Morgan fingerprint density at radius 1 is 1.35 bits per heavy atom. The van der Waals surface area contributed by atoms with E-state index in [-0.39, 0.29) is 0 Å². The minimum absolute atomic E-state index is 0.440. The molecule has 2 aromatic rings. The van der Waals surface area contributed by atoms with Crippen molar-refractivity contribution in [3.8, 4) is 11.5 Å². The Bertz CT molecular complexity index is 674. The number of aromatic nitrogens is 3. The first-order chi connectivity index (χ1) is 11.1. The number of aliphatic carboxylic acids is 1. The quantitative estimate of drug-likeness (QED) is 0.714. The molecule has 8 heteroatoms. The number of benzene rings is 1. The topological polar surface area (TPSA) is 97.3 Å². The molecule has 0 saturated carbocycles. The van der Waals surface area contributed by atoms with E-state index in [2.05, 4.69) is 15.2 Å². The third kappa shape index (κ3) is 4.38. The second-order valence-corrected chi connectivity index (χ2v) is 5.95. The maximum Gasteiger partial charge on any atom is 0.317 e. The molecule has 1 aromatic heterocycles. The molecule has 2 N–H and O–H groups in total. The number of nitrogens with one attached hydrogen (secondary N) is 1. The monoisotopic (exact) mass is 337 g/mol. The smallest absolute Gasteiger partial charge is 0.317 e. The Kier molecular flexibility index (Phi) is 5.86. The predicted molar refractivity (Wildman–Crippen MR) is 86.3 cm³/mol. The van der Waals surface area contributed by atoms with Gasteiger partial charge in [-0.25, -0.2) is 4.98 Å². The zero-order valence-corrected chi connectivity index (χ0v) is 14.0. The lowest BCUT2D eigenvalue weighted by Crippen LogP contribution is -2.14. The van der Waals surface area contributed by atoms with E-state index in [0.717, 1.165) is 17.3 Å². The van der Waals surface area contributed by atoms with Gasteiger partial charge in [0, 0.05) is 6.42 Å². The zero-order chi connectivity index (χ0) is 16.8. The molecule has 0 aliphatic heterocycles. The number of hydrogen-bond donors (Lipinski definition) is 2. The summed E-state index contributed by atoms with van der Waals surface area (Å²) >= 11 is 1.14. The van der Waals surface area contributed by atoms with Gasteiger partial charge < -0.3 is 14.6 Å². The molecule has 1 aromatic carbocycles. The SMILES string of the molecule is CCC(Sc1n[nH]c(Cc2ccc(OC)c(OC)c2)n1)C(=O)O. The van der Waals surface area contributed by atoms with Crippen molar-refractivity contribution in [2.24, 2.45) is 0 Å². The van der Waals surface area contributed by atoms with Crippen molar-refractivity contribution < 1.29 is 19.4 Å². The number of aromatic amines is 1. The van der Waals surface area contributed by atoms with E-state index in [4.69, 9.17) is 14.6 Å². The van der Waals surface area contributed by atoms with Crippen molar-refractivity contribution in [2.45, 2.75) is 30.2 Å². The summed E-state index contributed by atoms with van der Waals surface area (Å²) in [6.45, 7) is 1.82. The van der Waals surface area contributed by atoms with Gasteiger partial charge >= 0.3 is 5.97 Å². The van der Waals surface area contributed by atoms with E-state index in [9.17, 15) is 4.79 Å². The third-order valence-corrected chi connectivity index (χ3v) is 4.44. The summed E-state index contributed by atoms with van der Waals surface area (Å²) in [6, 6.07) is 5.63. The second kappa shape index (κ2) is 7.87. The van der Waals surface area contributed by atoms with E-state index < -0.39 is 11.2 Å². The van der Waals surface area contributed by atoms with Gasteiger partial charge in [-0.15, -0.1) is 5.10 Å². The molecule has 0 bridgehead atoms.